The molecule has 84 valence electrons. The summed E-state index contributed by atoms with van der Waals surface area (Å²) in [6.45, 7) is 2.37. The molecule has 0 fully saturated rings. The van der Waals surface area contributed by atoms with Gasteiger partial charge >= 0.3 is 5.97 Å². The van der Waals surface area contributed by atoms with Crippen LogP contribution in [0.1, 0.15) is 17.4 Å². The highest BCUT2D eigenvalue weighted by Gasteiger charge is 2.19. The van der Waals surface area contributed by atoms with Crippen molar-refractivity contribution in [1.82, 2.24) is 9.78 Å². The Morgan fingerprint density at radius 2 is 2.31 bits per heavy atom. The zero-order valence-electron chi connectivity index (χ0n) is 9.10. The Kier molecular flexibility index (Phi) is 2.52. The fraction of sp³-hybridized carbons (Fsp3) is 0.273. The number of nitrogens with zero attached hydrogens (tertiary/aromatic N) is 2. The van der Waals surface area contributed by atoms with E-state index in [-0.39, 0.29) is 5.69 Å². The second-order valence-corrected chi connectivity index (χ2v) is 3.32. The average molecular weight is 220 g/mol. The van der Waals surface area contributed by atoms with Crippen molar-refractivity contribution in [3.05, 3.63) is 23.9 Å². The number of ether oxygens (including phenoxy) is 1. The van der Waals surface area contributed by atoms with E-state index in [1.165, 1.54) is 11.8 Å². The molecule has 0 amide bonds. The molecule has 0 aliphatic rings. The lowest BCUT2D eigenvalue weighted by molar-refractivity contribution is 0.0685. The molecular weight excluding hydrogens is 208 g/mol. The summed E-state index contributed by atoms with van der Waals surface area (Å²) >= 11 is 0. The zero-order valence-corrected chi connectivity index (χ0v) is 9.10. The molecule has 5 nitrogen and oxygen atoms in total. The Hall–Kier alpha value is -2.04. The van der Waals surface area contributed by atoms with Gasteiger partial charge in [0.15, 0.2) is 5.69 Å². The maximum absolute atomic E-state index is 11.2. The first kappa shape index (κ1) is 10.5. The van der Waals surface area contributed by atoms with Crippen molar-refractivity contribution in [3.63, 3.8) is 0 Å². The van der Waals surface area contributed by atoms with E-state index in [9.17, 15) is 9.90 Å². The normalized spacial score (nSPS) is 10.6. The standard InChI is InChI=1S/C11H12N2O3/c1-3-13-10(11(14)15)9-7(12-13)5-4-6-8(9)16-2/h4-6H,3H2,1-2H3,(H,14,15). The summed E-state index contributed by atoms with van der Waals surface area (Å²) in [6, 6.07) is 5.30. The van der Waals surface area contributed by atoms with Gasteiger partial charge in [-0.05, 0) is 19.1 Å². The van der Waals surface area contributed by atoms with Gasteiger partial charge in [-0.25, -0.2) is 4.79 Å². The van der Waals surface area contributed by atoms with E-state index in [0.717, 1.165) is 0 Å². The van der Waals surface area contributed by atoms with Crippen LogP contribution in [0.3, 0.4) is 0 Å². The molecule has 0 aliphatic heterocycles. The number of carboxylic acid groups (broad SMARTS) is 1. The molecule has 1 heterocycles. The molecule has 1 aromatic heterocycles. The summed E-state index contributed by atoms with van der Waals surface area (Å²) in [6.07, 6.45) is 0. The number of aromatic carboxylic acids is 1. The summed E-state index contributed by atoms with van der Waals surface area (Å²) in [7, 11) is 1.52. The van der Waals surface area contributed by atoms with Gasteiger partial charge in [0.05, 0.1) is 18.0 Å². The molecule has 0 atom stereocenters. The predicted molar refractivity (Wildman–Crippen MR) is 58.9 cm³/mol. The third kappa shape index (κ3) is 1.41. The minimum atomic E-state index is -0.992. The molecular formula is C11H12N2O3. The summed E-state index contributed by atoms with van der Waals surface area (Å²) in [5, 5.41) is 14.0. The van der Waals surface area contributed by atoms with Gasteiger partial charge in [0.25, 0.3) is 0 Å². The quantitative estimate of drug-likeness (QED) is 0.856. The number of carboxylic acids is 1. The third-order valence-corrected chi connectivity index (χ3v) is 2.45. The molecule has 0 saturated heterocycles. The molecule has 0 bridgehead atoms. The maximum Gasteiger partial charge on any atom is 0.354 e. The van der Waals surface area contributed by atoms with Crippen molar-refractivity contribution in [2.24, 2.45) is 0 Å². The lowest BCUT2D eigenvalue weighted by Gasteiger charge is -2.02. The van der Waals surface area contributed by atoms with Crippen LogP contribution in [0.15, 0.2) is 18.2 Å². The topological polar surface area (TPSA) is 64.4 Å². The number of hydrogen-bond donors (Lipinski definition) is 1. The van der Waals surface area contributed by atoms with Crippen molar-refractivity contribution in [2.45, 2.75) is 13.5 Å². The molecule has 5 heteroatoms. The van der Waals surface area contributed by atoms with Gasteiger partial charge in [0.1, 0.15) is 5.75 Å². The van der Waals surface area contributed by atoms with E-state index in [1.807, 2.05) is 6.92 Å². The monoisotopic (exact) mass is 220 g/mol. The van der Waals surface area contributed by atoms with Crippen molar-refractivity contribution in [2.75, 3.05) is 7.11 Å². The number of benzene rings is 1. The Balaban J connectivity index is 2.86. The first-order chi connectivity index (χ1) is 7.69. The fourth-order valence-corrected chi connectivity index (χ4v) is 1.77. The molecule has 0 radical (unpaired) electrons. The van der Waals surface area contributed by atoms with E-state index in [2.05, 4.69) is 5.10 Å². The Morgan fingerprint density at radius 1 is 1.56 bits per heavy atom. The first-order valence-corrected chi connectivity index (χ1v) is 4.95. The van der Waals surface area contributed by atoms with Crippen LogP contribution in [0.25, 0.3) is 10.9 Å². The summed E-state index contributed by atoms with van der Waals surface area (Å²) in [4.78, 5) is 11.2. The van der Waals surface area contributed by atoms with Crippen LogP contribution in [0.5, 0.6) is 5.75 Å². The van der Waals surface area contributed by atoms with Crippen molar-refractivity contribution < 1.29 is 14.6 Å². The van der Waals surface area contributed by atoms with Crippen LogP contribution in [-0.2, 0) is 6.54 Å². The Labute approximate surface area is 92.2 Å². The van der Waals surface area contributed by atoms with Crippen molar-refractivity contribution >= 4 is 16.9 Å². The van der Waals surface area contributed by atoms with Gasteiger partial charge in [0.2, 0.25) is 0 Å². The van der Waals surface area contributed by atoms with Crippen LogP contribution in [0.4, 0.5) is 0 Å². The van der Waals surface area contributed by atoms with Crippen LogP contribution in [0.2, 0.25) is 0 Å². The highest BCUT2D eigenvalue weighted by molar-refractivity contribution is 6.04. The molecule has 2 rings (SSSR count). The van der Waals surface area contributed by atoms with Crippen LogP contribution >= 0.6 is 0 Å². The van der Waals surface area contributed by atoms with Gasteiger partial charge in [-0.3, -0.25) is 4.68 Å². The van der Waals surface area contributed by atoms with Gasteiger partial charge in [-0.1, -0.05) is 6.07 Å². The number of fused-ring (bicyclic) bond motifs is 1. The molecule has 0 spiro atoms. The van der Waals surface area contributed by atoms with E-state index < -0.39 is 5.97 Å². The van der Waals surface area contributed by atoms with Crippen molar-refractivity contribution in [3.8, 4) is 5.75 Å². The lowest BCUT2D eigenvalue weighted by Crippen LogP contribution is -2.08. The second kappa shape index (κ2) is 3.84. The van der Waals surface area contributed by atoms with Gasteiger partial charge in [-0.15, -0.1) is 0 Å². The zero-order chi connectivity index (χ0) is 11.7. The highest BCUT2D eigenvalue weighted by atomic mass is 16.5. The Bertz CT molecular complexity index is 545. The van der Waals surface area contributed by atoms with Crippen LogP contribution in [0, 0.1) is 0 Å². The Morgan fingerprint density at radius 3 is 2.88 bits per heavy atom. The number of aromatic nitrogens is 2. The smallest absolute Gasteiger partial charge is 0.354 e. The molecule has 16 heavy (non-hydrogen) atoms. The number of carbonyl (C=O) groups is 1. The second-order valence-electron chi connectivity index (χ2n) is 3.32. The van der Waals surface area contributed by atoms with Crippen molar-refractivity contribution in [1.29, 1.82) is 0 Å². The molecule has 0 unspecified atom stereocenters. The van der Waals surface area contributed by atoms with Crippen LogP contribution in [-0.4, -0.2) is 28.0 Å². The number of aryl methyl sites for hydroxylation is 1. The van der Waals surface area contributed by atoms with E-state index >= 15 is 0 Å². The SMILES string of the molecule is CCn1nc2cccc(OC)c2c1C(=O)O. The van der Waals surface area contributed by atoms with E-state index in [0.29, 0.717) is 23.2 Å². The van der Waals surface area contributed by atoms with Gasteiger partial charge in [-0.2, -0.15) is 5.10 Å². The first-order valence-electron chi connectivity index (χ1n) is 4.95. The summed E-state index contributed by atoms with van der Waals surface area (Å²) in [5.41, 5.74) is 0.813. The maximum atomic E-state index is 11.2. The minimum Gasteiger partial charge on any atom is -0.496 e. The van der Waals surface area contributed by atoms with Crippen LogP contribution < -0.4 is 4.74 Å². The fourth-order valence-electron chi connectivity index (χ4n) is 1.77. The van der Waals surface area contributed by atoms with Gasteiger partial charge in [0, 0.05) is 6.54 Å². The van der Waals surface area contributed by atoms with E-state index in [1.54, 1.807) is 18.2 Å². The molecule has 1 aromatic carbocycles. The minimum absolute atomic E-state index is 0.176. The number of rotatable bonds is 3. The predicted octanol–water partition coefficient (Wildman–Crippen LogP) is 1.76. The molecule has 1 N–H and O–H groups in total. The summed E-state index contributed by atoms with van der Waals surface area (Å²) in [5.74, 6) is -0.455. The number of methoxy groups -OCH3 is 1. The highest BCUT2D eigenvalue weighted by Crippen LogP contribution is 2.28. The van der Waals surface area contributed by atoms with Gasteiger partial charge < -0.3 is 9.84 Å². The average Bonchev–Trinajstić information content (AvgIpc) is 2.66. The molecule has 0 saturated carbocycles. The molecule has 0 aliphatic carbocycles. The molecule has 2 aromatic rings. The summed E-state index contributed by atoms with van der Waals surface area (Å²) < 4.78 is 6.63. The third-order valence-electron chi connectivity index (χ3n) is 2.45. The number of hydrogen-bond acceptors (Lipinski definition) is 3. The largest absolute Gasteiger partial charge is 0.496 e. The van der Waals surface area contributed by atoms with E-state index in [4.69, 9.17) is 4.74 Å². The lowest BCUT2D eigenvalue weighted by atomic mass is 10.2.